The summed E-state index contributed by atoms with van der Waals surface area (Å²) in [4.78, 5) is 42.3. The Morgan fingerprint density at radius 2 is 1.96 bits per heavy atom. The van der Waals surface area contributed by atoms with Gasteiger partial charge in [0.15, 0.2) is 5.65 Å². The molecule has 0 aliphatic heterocycles. The maximum absolute atomic E-state index is 12.8. The standard InChI is InChI=1S/C15H15N5O4/c1-2-3-8-18-14(21)12-13(17-9-16-12)19(15(18)22)10-4-6-11(7-5-10)20(23)24/h4-7,9H,2-3,8H2,1H3,(H,16,17). The molecule has 2 aromatic heterocycles. The number of non-ortho nitro benzene ring substituents is 1. The smallest absolute Gasteiger partial charge is 0.337 e. The SMILES string of the molecule is CCCCn1c(=O)c2[nH]cnc2n(-c2ccc([N+](=O)[O-])cc2)c1=O. The van der Waals surface area contributed by atoms with Gasteiger partial charge in [0.1, 0.15) is 5.52 Å². The molecule has 0 aliphatic carbocycles. The van der Waals surface area contributed by atoms with Crippen LogP contribution in [0, 0.1) is 10.1 Å². The number of imidazole rings is 1. The highest BCUT2D eigenvalue weighted by Crippen LogP contribution is 2.16. The van der Waals surface area contributed by atoms with Crippen molar-refractivity contribution in [2.24, 2.45) is 0 Å². The number of benzene rings is 1. The average molecular weight is 329 g/mol. The molecule has 124 valence electrons. The van der Waals surface area contributed by atoms with Crippen molar-refractivity contribution in [2.75, 3.05) is 0 Å². The molecule has 1 aromatic carbocycles. The summed E-state index contributed by atoms with van der Waals surface area (Å²) >= 11 is 0. The number of nitro benzene ring substituents is 1. The number of unbranched alkanes of at least 4 members (excludes halogenated alkanes) is 1. The molecule has 3 rings (SSSR count). The lowest BCUT2D eigenvalue weighted by Crippen LogP contribution is -2.39. The molecule has 9 nitrogen and oxygen atoms in total. The monoisotopic (exact) mass is 329 g/mol. The molecule has 1 N–H and O–H groups in total. The maximum atomic E-state index is 12.8. The average Bonchev–Trinajstić information content (AvgIpc) is 3.05. The van der Waals surface area contributed by atoms with E-state index in [1.807, 2.05) is 6.92 Å². The first-order chi connectivity index (χ1) is 11.5. The molecule has 0 saturated carbocycles. The third-order valence-corrected chi connectivity index (χ3v) is 3.77. The molecule has 0 spiro atoms. The zero-order valence-electron chi connectivity index (χ0n) is 12.9. The Hall–Kier alpha value is -3.23. The normalized spacial score (nSPS) is 11.0. The van der Waals surface area contributed by atoms with Crippen LogP contribution in [0.3, 0.4) is 0 Å². The predicted molar refractivity (Wildman–Crippen MR) is 87.5 cm³/mol. The van der Waals surface area contributed by atoms with E-state index in [4.69, 9.17) is 0 Å². The van der Waals surface area contributed by atoms with E-state index in [2.05, 4.69) is 9.97 Å². The Labute approximate surface area is 135 Å². The fraction of sp³-hybridized carbons (Fsp3) is 0.267. The van der Waals surface area contributed by atoms with E-state index in [1.165, 1.54) is 35.2 Å². The summed E-state index contributed by atoms with van der Waals surface area (Å²) in [6, 6.07) is 5.54. The largest absolute Gasteiger partial charge is 0.339 e. The molecule has 0 fully saturated rings. The van der Waals surface area contributed by atoms with Crippen molar-refractivity contribution < 1.29 is 4.92 Å². The van der Waals surface area contributed by atoms with E-state index in [0.29, 0.717) is 18.7 Å². The molecule has 0 amide bonds. The summed E-state index contributed by atoms with van der Waals surface area (Å²) in [5.74, 6) is 0. The second-order valence-electron chi connectivity index (χ2n) is 5.30. The number of fused-ring (bicyclic) bond motifs is 1. The Kier molecular flexibility index (Phi) is 3.98. The quantitative estimate of drug-likeness (QED) is 0.563. The first-order valence-electron chi connectivity index (χ1n) is 7.48. The van der Waals surface area contributed by atoms with Gasteiger partial charge in [-0.3, -0.25) is 19.5 Å². The summed E-state index contributed by atoms with van der Waals surface area (Å²) in [7, 11) is 0. The molecule has 0 radical (unpaired) electrons. The number of hydrogen-bond acceptors (Lipinski definition) is 5. The van der Waals surface area contributed by atoms with Crippen LogP contribution in [-0.4, -0.2) is 24.0 Å². The topological polar surface area (TPSA) is 116 Å². The predicted octanol–water partition coefficient (Wildman–Crippen LogP) is 1.58. The highest BCUT2D eigenvalue weighted by atomic mass is 16.6. The van der Waals surface area contributed by atoms with Crippen molar-refractivity contribution in [1.29, 1.82) is 0 Å². The molecule has 0 unspecified atom stereocenters. The molecule has 9 heteroatoms. The first-order valence-corrected chi connectivity index (χ1v) is 7.48. The lowest BCUT2D eigenvalue weighted by Gasteiger charge is -2.11. The number of nitrogens with zero attached hydrogens (tertiary/aromatic N) is 4. The molecule has 0 aliphatic rings. The van der Waals surface area contributed by atoms with E-state index < -0.39 is 16.2 Å². The number of aromatic nitrogens is 4. The Bertz CT molecular complexity index is 1010. The van der Waals surface area contributed by atoms with Crippen LogP contribution < -0.4 is 11.2 Å². The van der Waals surface area contributed by atoms with E-state index >= 15 is 0 Å². The van der Waals surface area contributed by atoms with Crippen molar-refractivity contribution in [1.82, 2.24) is 19.1 Å². The molecule has 0 atom stereocenters. The Morgan fingerprint density at radius 1 is 1.25 bits per heavy atom. The van der Waals surface area contributed by atoms with Crippen molar-refractivity contribution in [2.45, 2.75) is 26.3 Å². The van der Waals surface area contributed by atoms with Gasteiger partial charge in [0.25, 0.3) is 11.2 Å². The number of nitro groups is 1. The zero-order chi connectivity index (χ0) is 17.3. The summed E-state index contributed by atoms with van der Waals surface area (Å²) in [5.41, 5.74) is -0.172. The van der Waals surface area contributed by atoms with Crippen molar-refractivity contribution in [3.63, 3.8) is 0 Å². The highest BCUT2D eigenvalue weighted by Gasteiger charge is 2.16. The summed E-state index contributed by atoms with van der Waals surface area (Å²) in [6.45, 7) is 2.27. The molecule has 0 saturated heterocycles. The van der Waals surface area contributed by atoms with Gasteiger partial charge in [-0.15, -0.1) is 0 Å². The van der Waals surface area contributed by atoms with Crippen molar-refractivity contribution in [3.8, 4) is 5.69 Å². The highest BCUT2D eigenvalue weighted by molar-refractivity contribution is 5.71. The van der Waals surface area contributed by atoms with E-state index in [0.717, 1.165) is 11.0 Å². The Balaban J connectivity index is 2.26. The van der Waals surface area contributed by atoms with E-state index in [9.17, 15) is 19.7 Å². The third-order valence-electron chi connectivity index (χ3n) is 3.77. The second kappa shape index (κ2) is 6.11. The lowest BCUT2D eigenvalue weighted by molar-refractivity contribution is -0.384. The fourth-order valence-corrected chi connectivity index (χ4v) is 2.52. The third kappa shape index (κ3) is 2.49. The van der Waals surface area contributed by atoms with Crippen LogP contribution >= 0.6 is 0 Å². The summed E-state index contributed by atoms with van der Waals surface area (Å²) in [6.07, 6.45) is 2.87. The minimum Gasteiger partial charge on any atom is -0.339 e. The van der Waals surface area contributed by atoms with Crippen molar-refractivity contribution >= 4 is 16.9 Å². The Morgan fingerprint density at radius 3 is 2.58 bits per heavy atom. The van der Waals surface area contributed by atoms with E-state index in [1.54, 1.807) is 0 Å². The zero-order valence-corrected chi connectivity index (χ0v) is 12.9. The van der Waals surface area contributed by atoms with Gasteiger partial charge in [-0.25, -0.2) is 14.3 Å². The van der Waals surface area contributed by atoms with Crippen LogP contribution in [0.4, 0.5) is 5.69 Å². The van der Waals surface area contributed by atoms with Gasteiger partial charge in [0.05, 0.1) is 16.9 Å². The molecular weight excluding hydrogens is 314 g/mol. The van der Waals surface area contributed by atoms with Gasteiger partial charge >= 0.3 is 5.69 Å². The maximum Gasteiger partial charge on any atom is 0.337 e. The minimum atomic E-state index is -0.515. The van der Waals surface area contributed by atoms with Gasteiger partial charge in [-0.1, -0.05) is 13.3 Å². The van der Waals surface area contributed by atoms with Crippen LogP contribution in [0.2, 0.25) is 0 Å². The number of hydrogen-bond donors (Lipinski definition) is 1. The molecule has 2 heterocycles. The van der Waals surface area contributed by atoms with Crippen LogP contribution in [0.25, 0.3) is 16.9 Å². The number of rotatable bonds is 5. The molecule has 0 bridgehead atoms. The lowest BCUT2D eigenvalue weighted by atomic mass is 10.2. The first kappa shape index (κ1) is 15.7. The molecule has 24 heavy (non-hydrogen) atoms. The minimum absolute atomic E-state index is 0.0793. The summed E-state index contributed by atoms with van der Waals surface area (Å²) < 4.78 is 2.44. The number of nitrogens with one attached hydrogen (secondary N) is 1. The van der Waals surface area contributed by atoms with Gasteiger partial charge in [0.2, 0.25) is 0 Å². The fourth-order valence-electron chi connectivity index (χ4n) is 2.52. The van der Waals surface area contributed by atoms with E-state index in [-0.39, 0.29) is 16.9 Å². The van der Waals surface area contributed by atoms with Crippen LogP contribution in [0.5, 0.6) is 0 Å². The van der Waals surface area contributed by atoms with Crippen LogP contribution in [-0.2, 0) is 6.54 Å². The van der Waals surface area contributed by atoms with Crippen molar-refractivity contribution in [3.05, 3.63) is 61.5 Å². The van der Waals surface area contributed by atoms with Gasteiger partial charge < -0.3 is 4.98 Å². The molecule has 3 aromatic rings. The van der Waals surface area contributed by atoms with Gasteiger partial charge in [-0.2, -0.15) is 0 Å². The molecular formula is C15H15N5O4. The number of aromatic amines is 1. The second-order valence-corrected chi connectivity index (χ2v) is 5.30. The van der Waals surface area contributed by atoms with Gasteiger partial charge in [-0.05, 0) is 18.6 Å². The summed E-state index contributed by atoms with van der Waals surface area (Å²) in [5, 5.41) is 10.8. The van der Waals surface area contributed by atoms with Gasteiger partial charge in [0, 0.05) is 18.7 Å². The van der Waals surface area contributed by atoms with Crippen LogP contribution in [0.1, 0.15) is 19.8 Å². The van der Waals surface area contributed by atoms with Crippen LogP contribution in [0.15, 0.2) is 40.2 Å². The number of H-pyrrole nitrogens is 1.